The molecule has 0 fully saturated rings. The number of ether oxygens (including phenoxy) is 2. The summed E-state index contributed by atoms with van der Waals surface area (Å²) in [6.45, 7) is 5.96. The van der Waals surface area contributed by atoms with E-state index in [0.717, 1.165) is 47.8 Å². The van der Waals surface area contributed by atoms with Gasteiger partial charge in [-0.1, -0.05) is 275 Å². The van der Waals surface area contributed by atoms with Crippen LogP contribution in [-0.4, -0.2) is 13.2 Å². The van der Waals surface area contributed by atoms with Crippen LogP contribution in [0.2, 0.25) is 0 Å². The van der Waals surface area contributed by atoms with Gasteiger partial charge in [0.05, 0.1) is 25.5 Å². The van der Waals surface area contributed by atoms with Gasteiger partial charge in [0.25, 0.3) is 0 Å². The van der Waals surface area contributed by atoms with Gasteiger partial charge in [-0.3, -0.25) is 0 Å². The Kier molecular flexibility index (Phi) is 23.7. The van der Waals surface area contributed by atoms with Crippen molar-refractivity contribution in [2.45, 2.75) is 155 Å². The van der Waals surface area contributed by atoms with Gasteiger partial charge in [0.15, 0.2) is 0 Å². The van der Waals surface area contributed by atoms with Crippen LogP contribution in [0.3, 0.4) is 0 Å². The second-order valence-corrected chi connectivity index (χ2v) is 31.0. The molecule has 0 N–H and O–H groups in total. The largest absolute Gasteiger partial charge is 0.493 e. The number of rotatable bonds is 35. The number of fused-ring (bicyclic) bond motifs is 2. The normalized spacial score (nSPS) is 11.8. The van der Waals surface area contributed by atoms with E-state index in [1.807, 2.05) is 0 Å². The Morgan fingerprint density at radius 1 is 0.256 bits per heavy atom. The molecule has 0 aliphatic carbocycles. The van der Waals surface area contributed by atoms with Crippen LogP contribution in [0.25, 0.3) is 32.7 Å². The Labute approximate surface area is 518 Å². The predicted molar refractivity (Wildman–Crippen MR) is 379 cm³/mol. The topological polar surface area (TPSA) is 18.5 Å². The van der Waals surface area contributed by atoms with Gasteiger partial charge in [-0.05, 0) is 143 Å². The molecule has 10 aromatic rings. The van der Waals surface area contributed by atoms with E-state index < -0.39 is 14.5 Å². The van der Waals surface area contributed by atoms with Gasteiger partial charge < -0.3 is 9.47 Å². The first-order valence-electron chi connectivity index (χ1n) is 33.1. The zero-order chi connectivity index (χ0) is 58.9. The van der Waals surface area contributed by atoms with Crippen LogP contribution < -0.4 is 41.3 Å². The van der Waals surface area contributed by atoms with Crippen molar-refractivity contribution in [3.8, 4) is 22.6 Å². The summed E-state index contributed by atoms with van der Waals surface area (Å²) in [7, 11) is -4.32. The summed E-state index contributed by atoms with van der Waals surface area (Å²) >= 11 is 0. The zero-order valence-electron chi connectivity index (χ0n) is 51.8. The lowest BCUT2D eigenvalue weighted by molar-refractivity contribution is 0.301. The summed E-state index contributed by atoms with van der Waals surface area (Å²) in [5.41, 5.74) is 4.92. The van der Waals surface area contributed by atoms with Crippen molar-refractivity contribution in [2.24, 2.45) is 0 Å². The van der Waals surface area contributed by atoms with Gasteiger partial charge in [-0.25, -0.2) is 0 Å². The maximum Gasteiger partial charge on any atom is 0.127 e. The van der Waals surface area contributed by atoms with Crippen LogP contribution in [0.15, 0.2) is 243 Å². The lowest BCUT2D eigenvalue weighted by Gasteiger charge is -2.28. The van der Waals surface area contributed by atoms with Crippen molar-refractivity contribution in [1.29, 1.82) is 0 Å². The summed E-state index contributed by atoms with van der Waals surface area (Å²) < 4.78 is 14.3. The fourth-order valence-corrected chi connectivity index (χ4v) is 21.8. The molecule has 0 bridgehead atoms. The van der Waals surface area contributed by atoms with Crippen molar-refractivity contribution in [3.63, 3.8) is 0 Å². The number of hydrogen-bond donors (Lipinski definition) is 0. The monoisotopic (exact) mass is 1170 g/mol. The summed E-state index contributed by atoms with van der Waals surface area (Å²) in [4.78, 5) is 0. The molecule has 0 atom stereocenters. The summed E-state index contributed by atoms with van der Waals surface area (Å²) in [6.07, 6.45) is 27.6. The minimum atomic E-state index is -2.16. The third-order valence-corrected chi connectivity index (χ3v) is 26.6. The molecular weight excluding hydrogens is 1080 g/mol. The molecule has 86 heavy (non-hydrogen) atoms. The number of benzene rings is 10. The van der Waals surface area contributed by atoms with Gasteiger partial charge >= 0.3 is 0 Å². The van der Waals surface area contributed by atoms with Gasteiger partial charge in [0.1, 0.15) is 57.9 Å². The second-order valence-electron chi connectivity index (χ2n) is 24.0. The Bertz CT molecular complexity index is 3140. The number of unbranched alkanes of at least 4 members (excludes halogenated alkanes) is 18. The van der Waals surface area contributed by atoms with Crippen LogP contribution >= 0.6 is 14.5 Å². The first-order valence-corrected chi connectivity index (χ1v) is 37.0. The molecule has 0 aliphatic rings. The maximum atomic E-state index is 7.16. The van der Waals surface area contributed by atoms with E-state index in [0.29, 0.717) is 13.2 Å². The average molecular weight is 1170 g/mol. The lowest BCUT2D eigenvalue weighted by Crippen LogP contribution is -2.32. The summed E-state index contributed by atoms with van der Waals surface area (Å²) in [5.74, 6) is 1.87. The van der Waals surface area contributed by atoms with E-state index >= 15 is 0 Å². The molecule has 0 heterocycles. The highest BCUT2D eigenvalue weighted by Crippen LogP contribution is 2.60. The van der Waals surface area contributed by atoms with Crippen LogP contribution in [0, 0.1) is 0 Å². The minimum absolute atomic E-state index is 0.680. The average Bonchev–Trinajstić information content (AvgIpc) is 1.24. The first kappa shape index (κ1) is 62.2. The summed E-state index contributed by atoms with van der Waals surface area (Å²) in [5, 5.41) is 13.2. The van der Waals surface area contributed by atoms with Crippen molar-refractivity contribution in [2.75, 3.05) is 13.2 Å². The molecule has 0 unspecified atom stereocenters. The van der Waals surface area contributed by atoms with Crippen molar-refractivity contribution < 1.29 is 9.47 Å². The highest BCUT2D eigenvalue weighted by atomic mass is 31.2. The van der Waals surface area contributed by atoms with E-state index in [-0.39, 0.29) is 0 Å². The Morgan fingerprint density at radius 3 is 0.779 bits per heavy atom. The fraction of sp³-hybridized carbons (Fsp3) is 0.317. The quantitative estimate of drug-likeness (QED) is 0.0291. The molecule has 0 aliphatic heterocycles. The Morgan fingerprint density at radius 2 is 0.512 bits per heavy atom. The third-order valence-electron chi connectivity index (χ3n) is 17.9. The molecular formula is C82H94O2P2+2. The van der Waals surface area contributed by atoms with Crippen LogP contribution in [0.4, 0.5) is 0 Å². The van der Waals surface area contributed by atoms with Gasteiger partial charge in [-0.15, -0.1) is 0 Å². The predicted octanol–water partition coefficient (Wildman–Crippen LogP) is 21.2. The molecule has 442 valence electrons. The lowest BCUT2D eigenvalue weighted by atomic mass is 9.91. The molecule has 0 radical (unpaired) electrons. The van der Waals surface area contributed by atoms with E-state index in [4.69, 9.17) is 9.47 Å². The summed E-state index contributed by atoms with van der Waals surface area (Å²) in [6, 6.07) is 91.8. The first-order chi connectivity index (χ1) is 42.6. The van der Waals surface area contributed by atoms with Gasteiger partial charge in [0, 0.05) is 11.1 Å². The molecule has 2 nitrogen and oxygen atoms in total. The molecule has 0 saturated heterocycles. The third kappa shape index (κ3) is 15.6. The van der Waals surface area contributed by atoms with Crippen molar-refractivity contribution >= 4 is 67.9 Å². The van der Waals surface area contributed by atoms with Gasteiger partial charge in [-0.2, -0.15) is 0 Å². The van der Waals surface area contributed by atoms with Crippen LogP contribution in [0.5, 0.6) is 11.5 Å². The van der Waals surface area contributed by atoms with Crippen LogP contribution in [0.1, 0.15) is 153 Å². The molecule has 0 aromatic heterocycles. The molecule has 0 saturated carbocycles. The van der Waals surface area contributed by atoms with Crippen molar-refractivity contribution in [3.05, 3.63) is 254 Å². The second kappa shape index (κ2) is 32.8. The number of hydrogen-bond acceptors (Lipinski definition) is 2. The highest BCUT2D eigenvalue weighted by Gasteiger charge is 2.47. The van der Waals surface area contributed by atoms with E-state index in [2.05, 4.69) is 257 Å². The van der Waals surface area contributed by atoms with E-state index in [1.165, 1.54) is 180 Å². The molecule has 10 aromatic carbocycles. The van der Waals surface area contributed by atoms with E-state index in [9.17, 15) is 0 Å². The SMILES string of the molecule is CCCCCCCCCCCCOc1ccc2cc(C[P+](c3ccccc3)(c3ccccc3)c3ccccc3)ccc2c1-c1c(OCCCCCCCCCCCC)ccc2cc(C[P+](c3ccccc3)(c3ccccc3)c3ccccc3)ccc12. The van der Waals surface area contributed by atoms with Gasteiger partial charge in [0.2, 0.25) is 0 Å². The minimum Gasteiger partial charge on any atom is -0.493 e. The smallest absolute Gasteiger partial charge is 0.127 e. The maximum absolute atomic E-state index is 7.16. The van der Waals surface area contributed by atoms with Crippen molar-refractivity contribution in [1.82, 2.24) is 0 Å². The highest BCUT2D eigenvalue weighted by molar-refractivity contribution is 7.95. The van der Waals surface area contributed by atoms with E-state index in [1.54, 1.807) is 0 Å². The van der Waals surface area contributed by atoms with Crippen LogP contribution in [-0.2, 0) is 12.3 Å². The molecule has 10 rings (SSSR count). The Balaban J connectivity index is 1.06. The standard InChI is InChI=1S/C82H94O2P2/c1-3-5-7-9-11-13-15-17-19-39-61-83-79-59-55-69-63-67(65-85(71-41-27-21-28-42-71,72-43-29-22-30-44-72)73-45-31-23-32-46-73)53-57-77(69)81(79)82-78-58-54-68(64-70(78)56-60-80(82)84-62-40-20-18-16-14-12-10-8-6-4-2)66-86(74-47-33-24-34-48-74,75-49-35-25-36-50-75)76-51-37-26-38-52-76/h21-38,41-60,63-64H,3-20,39-40,61-62,65-66H2,1-2H3/q+2. The molecule has 0 spiro atoms. The zero-order valence-corrected chi connectivity index (χ0v) is 53.6. The Hall–Kier alpha value is -6.82. The fourth-order valence-electron chi connectivity index (χ4n) is 13.3. The molecule has 0 amide bonds. The molecule has 4 heteroatoms.